The molecule has 0 bridgehead atoms. The second kappa shape index (κ2) is 36.5. The van der Waals surface area contributed by atoms with Crippen LogP contribution in [0.5, 0.6) is 0 Å². The summed E-state index contributed by atoms with van der Waals surface area (Å²) in [5.74, 6) is -1.19. The van der Waals surface area contributed by atoms with Gasteiger partial charge in [0.05, 0.1) is 6.61 Å². The second-order valence-corrected chi connectivity index (χ2v) is 16.6. The van der Waals surface area contributed by atoms with E-state index in [4.69, 9.17) is 18.5 Å². The first kappa shape index (κ1) is 56.0. The molecule has 61 heavy (non-hydrogen) atoms. The normalized spacial score (nSPS) is 22.8. The van der Waals surface area contributed by atoms with E-state index in [0.717, 1.165) is 77.0 Å². The first-order valence-corrected chi connectivity index (χ1v) is 23.9. The molecule has 1 saturated carbocycles. The molecule has 0 radical (unpaired) electrons. The van der Waals surface area contributed by atoms with Crippen LogP contribution in [0, 0.1) is 0 Å². The van der Waals surface area contributed by atoms with Crippen LogP contribution in [0.15, 0.2) is 85.1 Å². The molecule has 1 aliphatic rings. The van der Waals surface area contributed by atoms with Crippen LogP contribution >= 0.6 is 7.82 Å². The molecule has 1 fully saturated rings. The lowest BCUT2D eigenvalue weighted by molar-refractivity contribution is -0.220. The number of unbranched alkanes of at least 4 members (excludes halogenated alkanes) is 9. The van der Waals surface area contributed by atoms with E-state index in [0.29, 0.717) is 19.3 Å². The van der Waals surface area contributed by atoms with E-state index < -0.39 is 75.7 Å². The molecule has 8 atom stereocenters. The summed E-state index contributed by atoms with van der Waals surface area (Å²) in [5, 5.41) is 50.1. The van der Waals surface area contributed by atoms with Crippen molar-refractivity contribution >= 4 is 19.8 Å². The molecule has 0 amide bonds. The Hall–Kier alpha value is -2.97. The Bertz CT molecular complexity index is 1390. The van der Waals surface area contributed by atoms with Crippen LogP contribution in [0.3, 0.4) is 0 Å². The molecule has 0 aromatic carbocycles. The van der Waals surface area contributed by atoms with Crippen LogP contribution < -0.4 is 0 Å². The Morgan fingerprint density at radius 3 is 1.48 bits per heavy atom. The molecule has 6 N–H and O–H groups in total. The molecule has 1 aliphatic carbocycles. The highest BCUT2D eigenvalue weighted by atomic mass is 31.2. The minimum absolute atomic E-state index is 0.0120. The van der Waals surface area contributed by atoms with Gasteiger partial charge in [-0.15, -0.1) is 0 Å². The monoisotopic (exact) mass is 881 g/mol. The van der Waals surface area contributed by atoms with Gasteiger partial charge in [-0.3, -0.25) is 18.6 Å². The van der Waals surface area contributed by atoms with E-state index in [9.17, 15) is 44.6 Å². The Morgan fingerprint density at radius 1 is 0.525 bits per heavy atom. The van der Waals surface area contributed by atoms with E-state index in [1.54, 1.807) is 0 Å². The summed E-state index contributed by atoms with van der Waals surface area (Å²) in [7, 11) is -5.14. The number of esters is 2. The Balaban J connectivity index is 2.54. The van der Waals surface area contributed by atoms with Crippen molar-refractivity contribution in [3.8, 4) is 0 Å². The standard InChI is InChI=1S/C47H77O13P/c1-3-5-7-9-11-13-15-17-19-20-22-24-26-28-30-32-34-36-41(49)59-39(38-58-61(55,56)60-47-45(53)43(51)42(50)44(52)46(47)54)37-57-40(48)35-33-31-29-27-25-23-21-18-16-14-12-10-8-6-4-2/h6,8,11-14,17-19,21-22,24,28,30,39,42-47,50-54H,3-5,7,9-10,15-16,20,23,25-27,29,31-38H2,1-2H3,(H,55,56)/b8-6+,13-11+,14-12+,19-17+,21-18+,24-22+,30-28+/t39-,42?,43+,44?,45?,46?,47?/m1/s1. The maximum atomic E-state index is 12.8. The highest BCUT2D eigenvalue weighted by Gasteiger charge is 2.51. The van der Waals surface area contributed by atoms with Gasteiger partial charge in [-0.2, -0.15) is 0 Å². The number of ether oxygens (including phenoxy) is 2. The highest BCUT2D eigenvalue weighted by Crippen LogP contribution is 2.47. The molecule has 348 valence electrons. The number of phosphoric acid groups is 1. The summed E-state index contributed by atoms with van der Waals surface area (Å²) >= 11 is 0. The van der Waals surface area contributed by atoms with Crippen LogP contribution in [0.4, 0.5) is 0 Å². The number of hydrogen-bond donors (Lipinski definition) is 6. The molecule has 1 rings (SSSR count). The summed E-state index contributed by atoms with van der Waals surface area (Å²) in [5.41, 5.74) is 0. The molecular formula is C47H77O13P. The Labute approximate surface area is 365 Å². The minimum Gasteiger partial charge on any atom is -0.462 e. The smallest absolute Gasteiger partial charge is 0.462 e. The fourth-order valence-electron chi connectivity index (χ4n) is 6.12. The lowest BCUT2D eigenvalue weighted by atomic mass is 9.85. The van der Waals surface area contributed by atoms with Crippen LogP contribution in [0.25, 0.3) is 0 Å². The first-order valence-electron chi connectivity index (χ1n) is 22.4. The summed E-state index contributed by atoms with van der Waals surface area (Å²) in [4.78, 5) is 35.6. The third-order valence-corrected chi connectivity index (χ3v) is 10.7. The van der Waals surface area contributed by atoms with Crippen LogP contribution in [0.1, 0.15) is 142 Å². The summed E-state index contributed by atoms with van der Waals surface area (Å²) in [6.07, 6.45) is 33.6. The van der Waals surface area contributed by atoms with Gasteiger partial charge in [-0.1, -0.05) is 131 Å². The zero-order valence-electron chi connectivity index (χ0n) is 36.7. The fourth-order valence-corrected chi connectivity index (χ4v) is 7.09. The zero-order valence-corrected chi connectivity index (χ0v) is 37.6. The lowest BCUT2D eigenvalue weighted by Crippen LogP contribution is -2.64. The lowest BCUT2D eigenvalue weighted by Gasteiger charge is -2.41. The average molecular weight is 881 g/mol. The van der Waals surface area contributed by atoms with Gasteiger partial charge in [-0.05, 0) is 83.5 Å². The number of allylic oxidation sites excluding steroid dienone is 14. The number of carbonyl (C=O) groups excluding carboxylic acids is 2. The number of aliphatic hydroxyl groups is 5. The number of rotatable bonds is 35. The molecule has 13 nitrogen and oxygen atoms in total. The summed E-state index contributed by atoms with van der Waals surface area (Å²) in [6, 6.07) is 0. The molecule has 0 saturated heterocycles. The largest absolute Gasteiger partial charge is 0.472 e. The maximum Gasteiger partial charge on any atom is 0.472 e. The molecule has 0 heterocycles. The third kappa shape index (κ3) is 29.1. The molecule has 14 heteroatoms. The van der Waals surface area contributed by atoms with Crippen molar-refractivity contribution in [2.24, 2.45) is 0 Å². The average Bonchev–Trinajstić information content (AvgIpc) is 3.24. The molecule has 0 aliphatic heterocycles. The van der Waals surface area contributed by atoms with E-state index in [1.165, 1.54) is 19.3 Å². The summed E-state index contributed by atoms with van der Waals surface area (Å²) < 4.78 is 33.4. The van der Waals surface area contributed by atoms with Gasteiger partial charge in [0.1, 0.15) is 43.2 Å². The van der Waals surface area contributed by atoms with Crippen LogP contribution in [-0.4, -0.2) is 98.3 Å². The zero-order chi connectivity index (χ0) is 45.0. The minimum atomic E-state index is -5.14. The highest BCUT2D eigenvalue weighted by molar-refractivity contribution is 7.47. The van der Waals surface area contributed by atoms with E-state index >= 15 is 0 Å². The second-order valence-electron chi connectivity index (χ2n) is 15.2. The molecule has 6 unspecified atom stereocenters. The van der Waals surface area contributed by atoms with Gasteiger partial charge in [0.15, 0.2) is 6.10 Å². The van der Waals surface area contributed by atoms with Gasteiger partial charge in [0.25, 0.3) is 0 Å². The van der Waals surface area contributed by atoms with Crippen molar-refractivity contribution in [2.45, 2.75) is 185 Å². The Kier molecular flexibility index (Phi) is 33.5. The fraction of sp³-hybridized carbons (Fsp3) is 0.660. The van der Waals surface area contributed by atoms with Crippen molar-refractivity contribution < 1.29 is 63.1 Å². The molecular weight excluding hydrogens is 803 g/mol. The van der Waals surface area contributed by atoms with Crippen molar-refractivity contribution in [2.75, 3.05) is 13.2 Å². The van der Waals surface area contributed by atoms with Gasteiger partial charge >= 0.3 is 19.8 Å². The van der Waals surface area contributed by atoms with Gasteiger partial charge in [-0.25, -0.2) is 4.57 Å². The SMILES string of the molecule is CC/C=C/C/C=C/C/C=C/CCCCCCCC(=O)OC[C@H](COP(=O)(O)OC1C(O)C(O)C(O)[C@H](O)C1O)OC(=O)CCC/C=C/C/C=C/C/C=C/C/C=C/CCCCC. The predicted octanol–water partition coefficient (Wildman–Crippen LogP) is 8.50. The van der Waals surface area contributed by atoms with Crippen molar-refractivity contribution in [3.05, 3.63) is 85.1 Å². The van der Waals surface area contributed by atoms with Crippen LogP contribution in [-0.2, 0) is 32.7 Å². The van der Waals surface area contributed by atoms with E-state index in [1.807, 2.05) is 12.2 Å². The van der Waals surface area contributed by atoms with Crippen molar-refractivity contribution in [1.29, 1.82) is 0 Å². The summed E-state index contributed by atoms with van der Waals surface area (Å²) in [6.45, 7) is 3.08. The van der Waals surface area contributed by atoms with Gasteiger partial charge < -0.3 is 39.9 Å². The Morgan fingerprint density at radius 2 is 0.951 bits per heavy atom. The molecule has 0 aromatic rings. The third-order valence-electron chi connectivity index (χ3n) is 9.72. The van der Waals surface area contributed by atoms with Gasteiger partial charge in [0, 0.05) is 12.8 Å². The number of phosphoric ester groups is 1. The number of carbonyl (C=O) groups is 2. The van der Waals surface area contributed by atoms with Crippen LogP contribution in [0.2, 0.25) is 0 Å². The topological polar surface area (TPSA) is 210 Å². The molecule has 0 spiro atoms. The first-order chi connectivity index (χ1) is 29.4. The van der Waals surface area contributed by atoms with E-state index in [-0.39, 0.29) is 12.8 Å². The predicted molar refractivity (Wildman–Crippen MR) is 239 cm³/mol. The van der Waals surface area contributed by atoms with E-state index in [2.05, 4.69) is 86.8 Å². The number of hydrogen-bond acceptors (Lipinski definition) is 12. The van der Waals surface area contributed by atoms with Crippen molar-refractivity contribution in [3.63, 3.8) is 0 Å². The number of aliphatic hydroxyl groups excluding tert-OH is 5. The maximum absolute atomic E-state index is 12.8. The molecule has 0 aromatic heterocycles. The quantitative estimate of drug-likeness (QED) is 0.0153. The van der Waals surface area contributed by atoms with Gasteiger partial charge in [0.2, 0.25) is 0 Å². The van der Waals surface area contributed by atoms with Crippen molar-refractivity contribution in [1.82, 2.24) is 0 Å².